The predicted octanol–water partition coefficient (Wildman–Crippen LogP) is 7.09. The zero-order valence-electron chi connectivity index (χ0n) is 27.7. The van der Waals surface area contributed by atoms with Crippen molar-refractivity contribution in [2.45, 2.75) is 65.2 Å². The number of thiophene rings is 1. The third kappa shape index (κ3) is 6.88. The average molecular weight is 694 g/mol. The van der Waals surface area contributed by atoms with Crippen molar-refractivity contribution in [1.82, 2.24) is 24.7 Å². The molecule has 1 unspecified atom stereocenters. The molecule has 0 radical (unpaired) electrons. The number of carbonyl (C=O) groups is 1. The topological polar surface area (TPSA) is 140 Å². The largest absolute Gasteiger partial charge is 0.481 e. The number of benzene rings is 1. The molecule has 10 nitrogen and oxygen atoms in total. The van der Waals surface area contributed by atoms with Crippen LogP contribution in [0.4, 0.5) is 4.39 Å². The van der Waals surface area contributed by atoms with E-state index in [0.717, 1.165) is 9.75 Å². The molecule has 2 atom stereocenters. The van der Waals surface area contributed by atoms with Crippen molar-refractivity contribution in [1.29, 1.82) is 0 Å². The van der Waals surface area contributed by atoms with Crippen LogP contribution in [-0.4, -0.2) is 55.7 Å². The van der Waals surface area contributed by atoms with Crippen molar-refractivity contribution in [3.8, 4) is 23.0 Å². The third-order valence-corrected chi connectivity index (χ3v) is 12.7. The van der Waals surface area contributed by atoms with Crippen LogP contribution in [0.5, 0.6) is 11.5 Å². The molecule has 0 saturated heterocycles. The van der Waals surface area contributed by atoms with Gasteiger partial charge in [-0.2, -0.15) is 5.10 Å². The van der Waals surface area contributed by atoms with Crippen LogP contribution in [0.1, 0.15) is 68.1 Å². The molecule has 4 bridgehead atoms. The number of carboxylic acids is 1. The Bertz CT molecular complexity index is 2100. The minimum atomic E-state index is -3.54. The van der Waals surface area contributed by atoms with Crippen molar-refractivity contribution in [2.24, 2.45) is 18.4 Å². The molecule has 5 heterocycles. The van der Waals surface area contributed by atoms with E-state index in [1.54, 1.807) is 60.6 Å². The molecule has 0 aliphatic carbocycles. The highest BCUT2D eigenvalue weighted by atomic mass is 32.2. The molecule has 1 aliphatic rings. The van der Waals surface area contributed by atoms with Crippen LogP contribution in [-0.2, 0) is 39.9 Å². The van der Waals surface area contributed by atoms with Gasteiger partial charge in [0.15, 0.2) is 33.1 Å². The summed E-state index contributed by atoms with van der Waals surface area (Å²) in [5.74, 6) is -0.756. The molecule has 0 saturated carbocycles. The van der Waals surface area contributed by atoms with Crippen molar-refractivity contribution >= 4 is 38.0 Å². The number of hydrogen-bond acceptors (Lipinski definition) is 8. The first-order valence-corrected chi connectivity index (χ1v) is 18.6. The Balaban J connectivity index is 1.46. The number of ether oxygens (including phenoxy) is 1. The van der Waals surface area contributed by atoms with Crippen molar-refractivity contribution < 1.29 is 27.4 Å². The smallest absolute Gasteiger partial charge is 0.306 e. The molecule has 5 aromatic rings. The zero-order chi connectivity index (χ0) is 34.4. The van der Waals surface area contributed by atoms with Gasteiger partial charge in [-0.1, -0.05) is 27.2 Å². The van der Waals surface area contributed by atoms with Crippen LogP contribution < -0.4 is 4.74 Å². The number of carboxylic acid groups (broad SMARTS) is 1. The summed E-state index contributed by atoms with van der Waals surface area (Å²) >= 11 is 1.55. The number of hydrogen-bond donors (Lipinski definition) is 2. The highest BCUT2D eigenvalue weighted by Crippen LogP contribution is 2.42. The highest BCUT2D eigenvalue weighted by molar-refractivity contribution is 7.91. The van der Waals surface area contributed by atoms with Crippen LogP contribution in [0.3, 0.4) is 0 Å². The third-order valence-electron chi connectivity index (χ3n) is 9.24. The Morgan fingerprint density at radius 3 is 2.75 bits per heavy atom. The van der Waals surface area contributed by atoms with E-state index in [1.807, 2.05) is 26.0 Å². The number of sulfone groups is 1. The second-order valence-electron chi connectivity index (χ2n) is 13.9. The van der Waals surface area contributed by atoms with Gasteiger partial charge in [-0.15, -0.1) is 11.3 Å². The molecule has 13 heteroatoms. The first kappa shape index (κ1) is 33.8. The van der Waals surface area contributed by atoms with Gasteiger partial charge in [0.05, 0.1) is 22.8 Å². The van der Waals surface area contributed by atoms with Gasteiger partial charge < -0.3 is 14.8 Å². The minimum Gasteiger partial charge on any atom is -0.481 e. The number of pyridine rings is 1. The minimum absolute atomic E-state index is 0.0194. The molecule has 0 spiro atoms. The maximum Gasteiger partial charge on any atom is 0.306 e. The number of rotatable bonds is 4. The molecule has 1 aromatic carbocycles. The van der Waals surface area contributed by atoms with Gasteiger partial charge in [-0.05, 0) is 62.3 Å². The fraction of sp³-hybridized carbons (Fsp3) is 0.429. The summed E-state index contributed by atoms with van der Waals surface area (Å²) in [6.07, 6.45) is 5.74. The summed E-state index contributed by atoms with van der Waals surface area (Å²) in [5.41, 5.74) is 0.347. The van der Waals surface area contributed by atoms with E-state index in [4.69, 9.17) is 14.8 Å². The Morgan fingerprint density at radius 1 is 1.19 bits per heavy atom. The highest BCUT2D eigenvalue weighted by Gasteiger charge is 2.37. The van der Waals surface area contributed by atoms with Gasteiger partial charge in [-0.25, -0.2) is 22.5 Å². The lowest BCUT2D eigenvalue weighted by molar-refractivity contribution is -0.141. The molecule has 6 rings (SSSR count). The number of fused-ring (bicyclic) bond motifs is 8. The predicted molar refractivity (Wildman–Crippen MR) is 184 cm³/mol. The molecule has 1 aliphatic heterocycles. The molecule has 0 fully saturated rings. The van der Waals surface area contributed by atoms with Crippen molar-refractivity contribution in [2.75, 3.05) is 11.5 Å². The summed E-state index contributed by atoms with van der Waals surface area (Å²) in [6, 6.07) is 10.4. The first-order chi connectivity index (χ1) is 22.6. The van der Waals surface area contributed by atoms with Gasteiger partial charge in [0.2, 0.25) is 0 Å². The normalized spacial score (nSPS) is 20.3. The lowest BCUT2D eigenvalue weighted by atomic mass is 9.79. The number of aryl methyl sites for hydroxylation is 2. The average Bonchev–Trinajstić information content (AvgIpc) is 3.76. The van der Waals surface area contributed by atoms with E-state index in [0.29, 0.717) is 65.2 Å². The van der Waals surface area contributed by atoms with E-state index in [2.05, 4.69) is 16.9 Å². The van der Waals surface area contributed by atoms with Crippen LogP contribution in [0, 0.1) is 17.2 Å². The van der Waals surface area contributed by atoms with Crippen molar-refractivity contribution in [3.63, 3.8) is 0 Å². The Hall–Kier alpha value is -4.10. The van der Waals surface area contributed by atoms with E-state index in [1.165, 1.54) is 6.07 Å². The van der Waals surface area contributed by atoms with Crippen LogP contribution >= 0.6 is 11.3 Å². The van der Waals surface area contributed by atoms with E-state index in [9.17, 15) is 18.3 Å². The quantitative estimate of drug-likeness (QED) is 0.203. The Morgan fingerprint density at radius 2 is 1.98 bits per heavy atom. The number of halogens is 1. The Labute approximate surface area is 283 Å². The molecule has 48 heavy (non-hydrogen) atoms. The summed E-state index contributed by atoms with van der Waals surface area (Å²) in [4.78, 5) is 26.1. The molecule has 254 valence electrons. The van der Waals surface area contributed by atoms with Crippen LogP contribution in [0.2, 0.25) is 0 Å². The molecular weight excluding hydrogens is 654 g/mol. The maximum absolute atomic E-state index is 15.6. The molecule has 2 N–H and O–H groups in total. The van der Waals surface area contributed by atoms with Gasteiger partial charge in [0.1, 0.15) is 11.4 Å². The molecule has 4 aromatic heterocycles. The lowest BCUT2D eigenvalue weighted by Crippen LogP contribution is -2.29. The van der Waals surface area contributed by atoms with Gasteiger partial charge in [-0.3, -0.25) is 9.78 Å². The standard InChI is InChI=1S/C35H40FN5O5S2/c1-21(32(42)43)17-23-7-8-29(47-23)35(4)13-6-12-34(2,3)20-48(44,45)16-11-25-24-10-15-37-27(24)19-26(36)30(25)46-22-9-14-38-28(18-22)31-39-33(35)40-41(31)5/h7-10,14-15,18-19,21,37H,6,11-13,16-17,20H2,1-5H3,(H,42,43)/t21-,35?/m1/s1. The van der Waals surface area contributed by atoms with Gasteiger partial charge in [0, 0.05) is 57.8 Å². The first-order valence-electron chi connectivity index (χ1n) is 16.0. The monoisotopic (exact) mass is 693 g/mol. The number of aliphatic carboxylic acids is 1. The second kappa shape index (κ2) is 12.7. The Kier molecular flexibility index (Phi) is 8.97. The fourth-order valence-corrected chi connectivity index (χ4v) is 9.88. The van der Waals surface area contributed by atoms with Gasteiger partial charge >= 0.3 is 5.97 Å². The summed E-state index contributed by atoms with van der Waals surface area (Å²) in [5, 5.41) is 15.0. The van der Waals surface area contributed by atoms with Crippen molar-refractivity contribution in [3.05, 3.63) is 75.8 Å². The van der Waals surface area contributed by atoms with Crippen LogP contribution in [0.25, 0.3) is 22.4 Å². The second-order valence-corrected chi connectivity index (χ2v) is 17.2. The summed E-state index contributed by atoms with van der Waals surface area (Å²) < 4.78 is 50.7. The van der Waals surface area contributed by atoms with E-state index >= 15 is 4.39 Å². The summed E-state index contributed by atoms with van der Waals surface area (Å²) in [7, 11) is -1.74. The summed E-state index contributed by atoms with van der Waals surface area (Å²) in [6.45, 7) is 7.71. The SMILES string of the molecule is C[C@H](Cc1ccc(C2(C)CCCC(C)(C)CS(=O)(=O)CCc3c(c(F)cc4[nH]ccc34)Oc3ccnc(c3)-c3nc2nn3C)s1)C(=O)O. The van der Waals surface area contributed by atoms with E-state index in [-0.39, 0.29) is 23.7 Å². The van der Waals surface area contributed by atoms with Gasteiger partial charge in [0.25, 0.3) is 0 Å². The number of nitrogens with one attached hydrogen (secondary N) is 1. The molecule has 0 amide bonds. The maximum atomic E-state index is 15.6. The zero-order valence-corrected chi connectivity index (χ0v) is 29.3. The molecular formula is C35H40FN5O5S2. The number of aromatic amines is 1. The lowest BCUT2D eigenvalue weighted by Gasteiger charge is -2.29. The number of H-pyrrole nitrogens is 1. The fourth-order valence-electron chi connectivity index (χ4n) is 6.57. The number of nitrogens with zero attached hydrogens (tertiary/aromatic N) is 4. The van der Waals surface area contributed by atoms with E-state index < -0.39 is 38.4 Å². The van der Waals surface area contributed by atoms with Crippen LogP contribution in [0.15, 0.2) is 48.8 Å². The number of aromatic nitrogens is 5.